The Morgan fingerprint density at radius 3 is 2.47 bits per heavy atom. The third kappa shape index (κ3) is 4.97. The fourth-order valence-corrected chi connectivity index (χ4v) is 3.15. The van der Waals surface area contributed by atoms with Gasteiger partial charge in [-0.2, -0.15) is 0 Å². The molecule has 2 nitrogen and oxygen atoms in total. The molecule has 0 spiro atoms. The van der Waals surface area contributed by atoms with Crippen LogP contribution in [0.4, 0.5) is 0 Å². The molecule has 1 rings (SSSR count). The molecule has 0 saturated heterocycles. The molecule has 1 aliphatic rings. The lowest BCUT2D eigenvalue weighted by molar-refractivity contribution is 0.149. The van der Waals surface area contributed by atoms with Gasteiger partial charge in [0.2, 0.25) is 0 Å². The summed E-state index contributed by atoms with van der Waals surface area (Å²) < 4.78 is 0. The van der Waals surface area contributed by atoms with Crippen molar-refractivity contribution in [2.75, 3.05) is 19.6 Å². The number of hydrogen-bond donors (Lipinski definition) is 1. The molecule has 1 saturated carbocycles. The van der Waals surface area contributed by atoms with Crippen molar-refractivity contribution >= 4 is 0 Å². The molecule has 1 aliphatic carbocycles. The van der Waals surface area contributed by atoms with Crippen LogP contribution in [0.1, 0.15) is 53.4 Å². The Balaban J connectivity index is 2.45. The molecule has 102 valence electrons. The molecule has 0 heterocycles. The summed E-state index contributed by atoms with van der Waals surface area (Å²) in [5.74, 6) is 2.42. The average Bonchev–Trinajstić information content (AvgIpc) is 2.30. The molecule has 17 heavy (non-hydrogen) atoms. The van der Waals surface area contributed by atoms with E-state index < -0.39 is 0 Å². The van der Waals surface area contributed by atoms with E-state index in [9.17, 15) is 0 Å². The van der Waals surface area contributed by atoms with E-state index >= 15 is 0 Å². The summed E-state index contributed by atoms with van der Waals surface area (Å²) in [6.07, 6.45) is 5.28. The van der Waals surface area contributed by atoms with Gasteiger partial charge in [-0.1, -0.05) is 34.1 Å². The maximum absolute atomic E-state index is 6.30. The molecule has 0 radical (unpaired) electrons. The van der Waals surface area contributed by atoms with Crippen LogP contribution < -0.4 is 5.73 Å². The summed E-state index contributed by atoms with van der Waals surface area (Å²) in [6, 6.07) is 0.444. The topological polar surface area (TPSA) is 29.3 Å². The van der Waals surface area contributed by atoms with E-state index in [1.54, 1.807) is 0 Å². The largest absolute Gasteiger partial charge is 0.327 e. The first-order valence-electron chi connectivity index (χ1n) is 7.54. The highest BCUT2D eigenvalue weighted by atomic mass is 15.1. The van der Waals surface area contributed by atoms with Gasteiger partial charge in [0.25, 0.3) is 0 Å². The van der Waals surface area contributed by atoms with Gasteiger partial charge in [0.1, 0.15) is 0 Å². The van der Waals surface area contributed by atoms with Crippen molar-refractivity contribution in [3.8, 4) is 0 Å². The summed E-state index contributed by atoms with van der Waals surface area (Å²) in [6.45, 7) is 12.8. The SMILES string of the molecule is CCC1CCC(N)C(CN(CC)CC(C)C)C1. The minimum absolute atomic E-state index is 0.444. The fourth-order valence-electron chi connectivity index (χ4n) is 3.15. The summed E-state index contributed by atoms with van der Waals surface area (Å²) in [5, 5.41) is 0. The van der Waals surface area contributed by atoms with Crippen molar-refractivity contribution in [3.63, 3.8) is 0 Å². The molecule has 0 aliphatic heterocycles. The summed E-state index contributed by atoms with van der Waals surface area (Å²) in [5.41, 5.74) is 6.30. The smallest absolute Gasteiger partial charge is 0.00795 e. The van der Waals surface area contributed by atoms with Crippen LogP contribution in [-0.4, -0.2) is 30.6 Å². The molecule has 3 atom stereocenters. The van der Waals surface area contributed by atoms with Crippen LogP contribution in [-0.2, 0) is 0 Å². The van der Waals surface area contributed by atoms with Gasteiger partial charge in [0.05, 0.1) is 0 Å². The molecule has 0 aromatic heterocycles. The van der Waals surface area contributed by atoms with E-state index in [0.717, 1.165) is 24.3 Å². The number of rotatable bonds is 6. The van der Waals surface area contributed by atoms with Crippen LogP contribution in [0.2, 0.25) is 0 Å². The molecule has 0 aromatic carbocycles. The van der Waals surface area contributed by atoms with E-state index in [1.165, 1.54) is 38.8 Å². The number of nitrogens with two attached hydrogens (primary N) is 1. The predicted molar refractivity (Wildman–Crippen MR) is 76.0 cm³/mol. The van der Waals surface area contributed by atoms with E-state index in [4.69, 9.17) is 5.73 Å². The highest BCUT2D eigenvalue weighted by Gasteiger charge is 2.28. The van der Waals surface area contributed by atoms with E-state index in [0.29, 0.717) is 6.04 Å². The fraction of sp³-hybridized carbons (Fsp3) is 1.00. The first-order valence-corrected chi connectivity index (χ1v) is 7.54. The normalized spacial score (nSPS) is 30.2. The van der Waals surface area contributed by atoms with Crippen LogP contribution in [0.5, 0.6) is 0 Å². The minimum atomic E-state index is 0.444. The zero-order valence-corrected chi connectivity index (χ0v) is 12.3. The van der Waals surface area contributed by atoms with Gasteiger partial charge in [-0.3, -0.25) is 0 Å². The monoisotopic (exact) mass is 240 g/mol. The van der Waals surface area contributed by atoms with Crippen LogP contribution in [0.3, 0.4) is 0 Å². The van der Waals surface area contributed by atoms with Gasteiger partial charge in [-0.25, -0.2) is 0 Å². The van der Waals surface area contributed by atoms with Crippen molar-refractivity contribution in [2.45, 2.75) is 59.4 Å². The molecule has 1 fully saturated rings. The van der Waals surface area contributed by atoms with Crippen molar-refractivity contribution in [1.82, 2.24) is 4.90 Å². The summed E-state index contributed by atoms with van der Waals surface area (Å²) in [7, 11) is 0. The Bertz CT molecular complexity index is 203. The Morgan fingerprint density at radius 2 is 1.94 bits per heavy atom. The minimum Gasteiger partial charge on any atom is -0.327 e. The summed E-state index contributed by atoms with van der Waals surface area (Å²) >= 11 is 0. The molecule has 3 unspecified atom stereocenters. The van der Waals surface area contributed by atoms with Crippen molar-refractivity contribution in [3.05, 3.63) is 0 Å². The van der Waals surface area contributed by atoms with Gasteiger partial charge < -0.3 is 10.6 Å². The third-order valence-corrected chi connectivity index (χ3v) is 4.29. The molecule has 0 aromatic rings. The van der Waals surface area contributed by atoms with Crippen LogP contribution >= 0.6 is 0 Å². The van der Waals surface area contributed by atoms with Gasteiger partial charge in [0, 0.05) is 19.1 Å². The lowest BCUT2D eigenvalue weighted by Crippen LogP contribution is -2.43. The maximum atomic E-state index is 6.30. The van der Waals surface area contributed by atoms with Crippen molar-refractivity contribution in [1.29, 1.82) is 0 Å². The number of hydrogen-bond acceptors (Lipinski definition) is 2. The molecule has 2 heteroatoms. The Morgan fingerprint density at radius 1 is 1.24 bits per heavy atom. The van der Waals surface area contributed by atoms with Gasteiger partial charge >= 0.3 is 0 Å². The lowest BCUT2D eigenvalue weighted by Gasteiger charge is -2.37. The molecule has 0 bridgehead atoms. The van der Waals surface area contributed by atoms with Gasteiger partial charge in [-0.15, -0.1) is 0 Å². The van der Waals surface area contributed by atoms with E-state index in [2.05, 4.69) is 32.6 Å². The summed E-state index contributed by atoms with van der Waals surface area (Å²) in [4.78, 5) is 2.59. The molecule has 0 amide bonds. The Labute approximate surface area is 108 Å². The van der Waals surface area contributed by atoms with Crippen LogP contribution in [0, 0.1) is 17.8 Å². The lowest BCUT2D eigenvalue weighted by atomic mass is 9.77. The molecule has 2 N–H and O–H groups in total. The predicted octanol–water partition coefficient (Wildman–Crippen LogP) is 3.12. The quantitative estimate of drug-likeness (QED) is 0.773. The van der Waals surface area contributed by atoms with Crippen molar-refractivity contribution < 1.29 is 0 Å². The second-order valence-corrected chi connectivity index (χ2v) is 6.26. The van der Waals surface area contributed by atoms with Gasteiger partial charge in [-0.05, 0) is 43.6 Å². The average molecular weight is 240 g/mol. The standard InChI is InChI=1S/C15H32N2/c1-5-13-7-8-15(16)14(9-13)11-17(6-2)10-12(3)4/h12-15H,5-11,16H2,1-4H3. The van der Waals surface area contributed by atoms with Crippen molar-refractivity contribution in [2.24, 2.45) is 23.5 Å². The zero-order chi connectivity index (χ0) is 12.8. The molecular weight excluding hydrogens is 208 g/mol. The second-order valence-electron chi connectivity index (χ2n) is 6.26. The third-order valence-electron chi connectivity index (χ3n) is 4.29. The first kappa shape index (κ1) is 15.0. The highest BCUT2D eigenvalue weighted by Crippen LogP contribution is 2.30. The Hall–Kier alpha value is -0.0800. The Kier molecular flexibility index (Phi) is 6.50. The highest BCUT2D eigenvalue weighted by molar-refractivity contribution is 4.84. The zero-order valence-electron chi connectivity index (χ0n) is 12.3. The van der Waals surface area contributed by atoms with Crippen LogP contribution in [0.15, 0.2) is 0 Å². The van der Waals surface area contributed by atoms with E-state index in [-0.39, 0.29) is 0 Å². The first-order chi connectivity index (χ1) is 8.06. The molecular formula is C15H32N2. The second kappa shape index (κ2) is 7.38. The van der Waals surface area contributed by atoms with E-state index in [1.807, 2.05) is 0 Å². The van der Waals surface area contributed by atoms with Gasteiger partial charge in [0.15, 0.2) is 0 Å². The van der Waals surface area contributed by atoms with Crippen LogP contribution in [0.25, 0.3) is 0 Å². The maximum Gasteiger partial charge on any atom is 0.00795 e. The number of nitrogens with zero attached hydrogens (tertiary/aromatic N) is 1.